The van der Waals surface area contributed by atoms with Crippen molar-refractivity contribution in [2.75, 3.05) is 19.8 Å². The molecule has 2 heterocycles. The van der Waals surface area contributed by atoms with Gasteiger partial charge >= 0.3 is 0 Å². The van der Waals surface area contributed by atoms with Crippen molar-refractivity contribution in [2.45, 2.75) is 26.3 Å². The predicted molar refractivity (Wildman–Crippen MR) is 70.8 cm³/mol. The molecule has 0 saturated carbocycles. The second-order valence-electron chi connectivity index (χ2n) is 4.54. The number of nitrogens with one attached hydrogen (secondary N) is 1. The van der Waals surface area contributed by atoms with Crippen molar-refractivity contribution in [2.24, 2.45) is 5.92 Å². The molecule has 1 amide bonds. The Hall–Kier alpha value is -1.62. The van der Waals surface area contributed by atoms with Crippen molar-refractivity contribution in [3.05, 3.63) is 23.9 Å². The highest BCUT2D eigenvalue weighted by molar-refractivity contribution is 5.78. The van der Waals surface area contributed by atoms with Gasteiger partial charge in [-0.05, 0) is 31.4 Å². The average molecular weight is 264 g/mol. The fraction of sp³-hybridized carbons (Fsp3) is 0.571. The lowest BCUT2D eigenvalue weighted by Crippen LogP contribution is -2.33. The minimum Gasteiger partial charge on any atom is -0.478 e. The van der Waals surface area contributed by atoms with E-state index in [4.69, 9.17) is 9.47 Å². The number of carbonyl (C=O) groups excluding carboxylic acids is 1. The van der Waals surface area contributed by atoms with Gasteiger partial charge in [0, 0.05) is 37.9 Å². The zero-order valence-electron chi connectivity index (χ0n) is 11.2. The molecule has 5 heteroatoms. The molecular weight excluding hydrogens is 244 g/mol. The minimum absolute atomic E-state index is 0.0851. The molecule has 0 bridgehead atoms. The first-order chi connectivity index (χ1) is 9.29. The van der Waals surface area contributed by atoms with E-state index in [-0.39, 0.29) is 11.8 Å². The van der Waals surface area contributed by atoms with Gasteiger partial charge in [-0.1, -0.05) is 0 Å². The van der Waals surface area contributed by atoms with E-state index >= 15 is 0 Å². The van der Waals surface area contributed by atoms with Gasteiger partial charge in [-0.2, -0.15) is 0 Å². The molecule has 2 rings (SSSR count). The van der Waals surface area contributed by atoms with Gasteiger partial charge in [-0.25, -0.2) is 4.98 Å². The largest absolute Gasteiger partial charge is 0.478 e. The van der Waals surface area contributed by atoms with Crippen LogP contribution in [0.25, 0.3) is 0 Å². The summed E-state index contributed by atoms with van der Waals surface area (Å²) in [4.78, 5) is 16.1. The second kappa shape index (κ2) is 7.09. The van der Waals surface area contributed by atoms with Crippen molar-refractivity contribution in [3.8, 4) is 5.88 Å². The number of nitrogens with zero attached hydrogens (tertiary/aromatic N) is 1. The highest BCUT2D eigenvalue weighted by atomic mass is 16.5. The third kappa shape index (κ3) is 4.21. The quantitative estimate of drug-likeness (QED) is 0.876. The number of amides is 1. The number of rotatable bonds is 5. The van der Waals surface area contributed by atoms with Gasteiger partial charge in [0.1, 0.15) is 0 Å². The number of ether oxygens (including phenoxy) is 2. The molecule has 1 aliphatic rings. The van der Waals surface area contributed by atoms with Crippen molar-refractivity contribution >= 4 is 5.91 Å². The molecule has 1 fully saturated rings. The Labute approximate surface area is 113 Å². The Bertz CT molecular complexity index is 417. The maximum atomic E-state index is 12.0. The third-order valence-electron chi connectivity index (χ3n) is 3.15. The highest BCUT2D eigenvalue weighted by Gasteiger charge is 2.20. The molecule has 1 aromatic rings. The maximum absolute atomic E-state index is 12.0. The number of pyridine rings is 1. The summed E-state index contributed by atoms with van der Waals surface area (Å²) in [6, 6.07) is 3.74. The lowest BCUT2D eigenvalue weighted by atomic mass is 9.99. The number of hydrogen-bond acceptors (Lipinski definition) is 4. The molecule has 1 N–H and O–H groups in total. The van der Waals surface area contributed by atoms with Gasteiger partial charge in [0.05, 0.1) is 6.61 Å². The smallest absolute Gasteiger partial charge is 0.223 e. The Morgan fingerprint density at radius 2 is 2.32 bits per heavy atom. The van der Waals surface area contributed by atoms with Crippen LogP contribution < -0.4 is 10.1 Å². The number of carbonyl (C=O) groups is 1. The number of aromatic nitrogens is 1. The Kier molecular flexibility index (Phi) is 5.15. The highest BCUT2D eigenvalue weighted by Crippen LogP contribution is 2.15. The lowest BCUT2D eigenvalue weighted by Gasteiger charge is -2.21. The summed E-state index contributed by atoms with van der Waals surface area (Å²) >= 11 is 0. The third-order valence-corrected chi connectivity index (χ3v) is 3.15. The molecule has 0 radical (unpaired) electrons. The summed E-state index contributed by atoms with van der Waals surface area (Å²) in [5, 5.41) is 2.96. The van der Waals surface area contributed by atoms with Crippen LogP contribution in [0, 0.1) is 5.92 Å². The summed E-state index contributed by atoms with van der Waals surface area (Å²) in [6.07, 6.45) is 3.32. The van der Waals surface area contributed by atoms with E-state index in [1.807, 2.05) is 19.1 Å². The van der Waals surface area contributed by atoms with Crippen LogP contribution >= 0.6 is 0 Å². The molecule has 0 unspecified atom stereocenters. The van der Waals surface area contributed by atoms with Crippen LogP contribution in [0.3, 0.4) is 0 Å². The molecule has 1 aliphatic heterocycles. The van der Waals surface area contributed by atoms with Crippen LogP contribution in [0.15, 0.2) is 18.3 Å². The molecule has 0 aromatic carbocycles. The standard InChI is InChI=1S/C14H20N2O3/c1-2-19-13-9-11(3-6-15-13)10-16-14(17)12-4-7-18-8-5-12/h3,6,9,12H,2,4-5,7-8,10H2,1H3,(H,16,17). The van der Waals surface area contributed by atoms with Crippen molar-refractivity contribution in [1.82, 2.24) is 10.3 Å². The first-order valence-electron chi connectivity index (χ1n) is 6.72. The van der Waals surface area contributed by atoms with Gasteiger partial charge in [-0.15, -0.1) is 0 Å². The van der Waals surface area contributed by atoms with E-state index < -0.39 is 0 Å². The molecule has 1 aromatic heterocycles. The van der Waals surface area contributed by atoms with Crippen LogP contribution in [0.5, 0.6) is 5.88 Å². The van der Waals surface area contributed by atoms with E-state index in [1.54, 1.807) is 6.20 Å². The first kappa shape index (κ1) is 13.8. The van der Waals surface area contributed by atoms with E-state index in [9.17, 15) is 4.79 Å². The van der Waals surface area contributed by atoms with Gasteiger partial charge < -0.3 is 14.8 Å². The predicted octanol–water partition coefficient (Wildman–Crippen LogP) is 1.52. The van der Waals surface area contributed by atoms with Gasteiger partial charge in [0.2, 0.25) is 11.8 Å². The lowest BCUT2D eigenvalue weighted by molar-refractivity contribution is -0.128. The summed E-state index contributed by atoms with van der Waals surface area (Å²) in [6.45, 7) is 4.38. The first-order valence-corrected chi connectivity index (χ1v) is 6.72. The second-order valence-corrected chi connectivity index (χ2v) is 4.54. The van der Waals surface area contributed by atoms with Crippen molar-refractivity contribution in [1.29, 1.82) is 0 Å². The monoisotopic (exact) mass is 264 g/mol. The summed E-state index contributed by atoms with van der Waals surface area (Å²) in [5.41, 5.74) is 0.999. The van der Waals surface area contributed by atoms with E-state index in [0.717, 1.165) is 18.4 Å². The summed E-state index contributed by atoms with van der Waals surface area (Å²) < 4.78 is 10.6. The average Bonchev–Trinajstić information content (AvgIpc) is 2.46. The molecule has 19 heavy (non-hydrogen) atoms. The molecule has 0 spiro atoms. The van der Waals surface area contributed by atoms with Gasteiger partial charge in [-0.3, -0.25) is 4.79 Å². The minimum atomic E-state index is 0.0851. The zero-order chi connectivity index (χ0) is 13.5. The SMILES string of the molecule is CCOc1cc(CNC(=O)C2CCOCC2)ccn1. The Morgan fingerprint density at radius 3 is 3.05 bits per heavy atom. The van der Waals surface area contributed by atoms with Crippen LogP contribution in [0.4, 0.5) is 0 Å². The van der Waals surface area contributed by atoms with Gasteiger partial charge in [0.15, 0.2) is 0 Å². The molecule has 0 atom stereocenters. The number of hydrogen-bond donors (Lipinski definition) is 1. The molecule has 1 saturated heterocycles. The van der Waals surface area contributed by atoms with Crippen LogP contribution in [-0.4, -0.2) is 30.7 Å². The molecule has 0 aliphatic carbocycles. The normalized spacial score (nSPS) is 16.1. The van der Waals surface area contributed by atoms with Crippen molar-refractivity contribution in [3.63, 3.8) is 0 Å². The van der Waals surface area contributed by atoms with Crippen LogP contribution in [0.2, 0.25) is 0 Å². The molecule has 5 nitrogen and oxygen atoms in total. The maximum Gasteiger partial charge on any atom is 0.223 e. The fourth-order valence-electron chi connectivity index (χ4n) is 2.08. The molecule has 104 valence electrons. The topological polar surface area (TPSA) is 60.5 Å². The zero-order valence-corrected chi connectivity index (χ0v) is 11.2. The fourth-order valence-corrected chi connectivity index (χ4v) is 2.08. The summed E-state index contributed by atoms with van der Waals surface area (Å²) in [5.74, 6) is 0.792. The van der Waals surface area contributed by atoms with Crippen LogP contribution in [-0.2, 0) is 16.1 Å². The Balaban J connectivity index is 1.83. The van der Waals surface area contributed by atoms with E-state index in [1.165, 1.54) is 0 Å². The molecular formula is C14H20N2O3. The summed E-state index contributed by atoms with van der Waals surface area (Å²) in [7, 11) is 0. The Morgan fingerprint density at radius 1 is 1.53 bits per heavy atom. The van der Waals surface area contributed by atoms with Crippen LogP contribution in [0.1, 0.15) is 25.3 Å². The van der Waals surface area contributed by atoms with E-state index in [0.29, 0.717) is 32.2 Å². The van der Waals surface area contributed by atoms with Crippen molar-refractivity contribution < 1.29 is 14.3 Å². The van der Waals surface area contributed by atoms with Gasteiger partial charge in [0.25, 0.3) is 0 Å². The van der Waals surface area contributed by atoms with E-state index in [2.05, 4.69) is 10.3 Å².